The molecule has 142 valence electrons. The molecule has 0 atom stereocenters. The molecule has 0 aliphatic heterocycles. The predicted octanol–water partition coefficient (Wildman–Crippen LogP) is 4.57. The Morgan fingerprint density at radius 3 is 2.79 bits per heavy atom. The average molecular weight is 380 g/mol. The number of ketones is 1. The van der Waals surface area contributed by atoms with E-state index in [1.54, 1.807) is 12.4 Å². The molecule has 0 spiro atoms. The summed E-state index contributed by atoms with van der Waals surface area (Å²) >= 11 is 0. The van der Waals surface area contributed by atoms with Crippen molar-refractivity contribution in [3.05, 3.63) is 83.6 Å². The highest BCUT2D eigenvalue weighted by Gasteiger charge is 2.21. The maximum absolute atomic E-state index is 12.9. The fourth-order valence-corrected chi connectivity index (χ4v) is 3.93. The molecule has 5 nitrogen and oxygen atoms in total. The second-order valence-corrected chi connectivity index (χ2v) is 7.37. The largest absolute Gasteiger partial charge is 0.294 e. The van der Waals surface area contributed by atoms with Crippen LogP contribution in [0.1, 0.15) is 35.4 Å². The topological polar surface area (TPSA) is 60.7 Å². The van der Waals surface area contributed by atoms with Crippen LogP contribution in [0.4, 0.5) is 0 Å². The smallest absolute Gasteiger partial charge is 0.163 e. The summed E-state index contributed by atoms with van der Waals surface area (Å²) in [6, 6.07) is 14.0. The summed E-state index contributed by atoms with van der Waals surface area (Å²) in [5, 5.41) is 5.62. The Morgan fingerprint density at radius 2 is 1.97 bits per heavy atom. The zero-order chi connectivity index (χ0) is 19.8. The first-order valence-corrected chi connectivity index (χ1v) is 9.79. The van der Waals surface area contributed by atoms with Gasteiger partial charge in [0.05, 0.1) is 23.1 Å². The van der Waals surface area contributed by atoms with Gasteiger partial charge in [0, 0.05) is 35.5 Å². The number of Topliss-reactive ketones (excluding diaryl/α,β-unsaturated/α-hetero) is 1. The number of aromatic nitrogens is 4. The van der Waals surface area contributed by atoms with E-state index < -0.39 is 0 Å². The Bertz CT molecular complexity index is 1250. The maximum Gasteiger partial charge on any atom is 0.163 e. The van der Waals surface area contributed by atoms with Crippen molar-refractivity contribution in [3.8, 4) is 5.69 Å². The fraction of sp³-hybridized carbons (Fsp3) is 0.167. The lowest BCUT2D eigenvalue weighted by Gasteiger charge is -2.11. The molecule has 0 radical (unpaired) electrons. The van der Waals surface area contributed by atoms with Crippen LogP contribution in [0.5, 0.6) is 0 Å². The summed E-state index contributed by atoms with van der Waals surface area (Å²) in [5.74, 6) is 0.172. The van der Waals surface area contributed by atoms with Gasteiger partial charge < -0.3 is 0 Å². The highest BCUT2D eigenvalue weighted by molar-refractivity contribution is 6.26. The number of hydrogen-bond donors (Lipinski definition) is 0. The highest BCUT2D eigenvalue weighted by atomic mass is 16.1. The Labute approximate surface area is 168 Å². The minimum Gasteiger partial charge on any atom is -0.294 e. The molecule has 5 rings (SSSR count). The van der Waals surface area contributed by atoms with E-state index in [-0.39, 0.29) is 5.78 Å². The summed E-state index contributed by atoms with van der Waals surface area (Å²) in [6.07, 6.45) is 9.59. The van der Waals surface area contributed by atoms with E-state index in [1.165, 1.54) is 5.56 Å². The third kappa shape index (κ3) is 3.25. The fourth-order valence-electron chi connectivity index (χ4n) is 3.93. The lowest BCUT2D eigenvalue weighted by atomic mass is 9.95. The van der Waals surface area contributed by atoms with Crippen LogP contribution in [0.2, 0.25) is 0 Å². The van der Waals surface area contributed by atoms with E-state index >= 15 is 0 Å². The number of benzene rings is 1. The summed E-state index contributed by atoms with van der Waals surface area (Å²) in [4.78, 5) is 21.5. The Kier molecular flexibility index (Phi) is 4.28. The summed E-state index contributed by atoms with van der Waals surface area (Å²) < 4.78 is 1.94. The molecule has 0 amide bonds. The van der Waals surface area contributed by atoms with Gasteiger partial charge in [-0.1, -0.05) is 6.07 Å². The van der Waals surface area contributed by atoms with Gasteiger partial charge in [-0.3, -0.25) is 14.8 Å². The van der Waals surface area contributed by atoms with E-state index in [1.807, 2.05) is 54.2 Å². The zero-order valence-electron chi connectivity index (χ0n) is 16.2. The van der Waals surface area contributed by atoms with Crippen molar-refractivity contribution >= 4 is 28.3 Å². The number of aryl methyl sites for hydroxylation is 2. The number of rotatable bonds is 2. The number of carbonyl (C=O) groups excluding carboxylic acids is 1. The molecule has 1 aliphatic carbocycles. The van der Waals surface area contributed by atoms with E-state index in [2.05, 4.69) is 27.2 Å². The van der Waals surface area contributed by atoms with Gasteiger partial charge in [-0.2, -0.15) is 5.10 Å². The molecule has 0 bridgehead atoms. The third-order valence-corrected chi connectivity index (χ3v) is 5.34. The summed E-state index contributed by atoms with van der Waals surface area (Å²) in [7, 11) is 0. The van der Waals surface area contributed by atoms with Crippen molar-refractivity contribution in [2.24, 2.45) is 0 Å². The van der Waals surface area contributed by atoms with Crippen molar-refractivity contribution in [2.45, 2.75) is 26.2 Å². The summed E-state index contributed by atoms with van der Waals surface area (Å²) in [5.41, 5.74) is 6.70. The molecule has 0 saturated carbocycles. The molecule has 5 heteroatoms. The van der Waals surface area contributed by atoms with Crippen molar-refractivity contribution in [2.75, 3.05) is 0 Å². The van der Waals surface area contributed by atoms with Crippen LogP contribution in [0.15, 0.2) is 61.1 Å². The van der Waals surface area contributed by atoms with Crippen LogP contribution in [-0.2, 0) is 11.2 Å². The molecular weight excluding hydrogens is 360 g/mol. The number of pyridine rings is 2. The Morgan fingerprint density at radius 1 is 1.03 bits per heavy atom. The standard InChI is InChI=1S/C24H20N4O/c1-16-11-20(8-10-25-16)28-23-13-17-5-4-7-24(29)22(14-19-6-2-3-9-26-19)21(17)12-18(23)15-27-28/h2-3,6,8-15H,4-5,7H2,1H3. The maximum atomic E-state index is 12.9. The van der Waals surface area contributed by atoms with Crippen LogP contribution in [0.25, 0.3) is 28.2 Å². The van der Waals surface area contributed by atoms with Gasteiger partial charge in [0.25, 0.3) is 0 Å². The van der Waals surface area contributed by atoms with Gasteiger partial charge in [-0.25, -0.2) is 4.68 Å². The first kappa shape index (κ1) is 17.5. The SMILES string of the molecule is Cc1cc(-n2ncc3cc4c(cc32)CCCC(=O)C4=Cc2ccccn2)ccn1. The van der Waals surface area contributed by atoms with Crippen LogP contribution < -0.4 is 0 Å². The number of carbonyl (C=O) groups is 1. The number of hydrogen-bond acceptors (Lipinski definition) is 4. The van der Waals surface area contributed by atoms with Gasteiger partial charge in [0.1, 0.15) is 0 Å². The molecule has 29 heavy (non-hydrogen) atoms. The van der Waals surface area contributed by atoms with Crippen LogP contribution in [0, 0.1) is 6.92 Å². The van der Waals surface area contributed by atoms with Gasteiger partial charge in [-0.15, -0.1) is 0 Å². The molecule has 0 unspecified atom stereocenters. The molecule has 4 aromatic rings. The second kappa shape index (κ2) is 7.09. The van der Waals surface area contributed by atoms with Gasteiger partial charge in [0.15, 0.2) is 5.78 Å². The van der Waals surface area contributed by atoms with E-state index in [9.17, 15) is 4.79 Å². The number of fused-ring (bicyclic) bond motifs is 2. The first-order valence-electron chi connectivity index (χ1n) is 9.79. The molecular formula is C24H20N4O. The molecule has 1 aliphatic rings. The molecule has 0 saturated heterocycles. The number of nitrogens with zero attached hydrogens (tertiary/aromatic N) is 4. The van der Waals surface area contributed by atoms with Crippen molar-refractivity contribution < 1.29 is 4.79 Å². The van der Waals surface area contributed by atoms with Crippen molar-refractivity contribution in [3.63, 3.8) is 0 Å². The summed E-state index contributed by atoms with van der Waals surface area (Å²) in [6.45, 7) is 1.97. The monoisotopic (exact) mass is 380 g/mol. The normalized spacial score (nSPS) is 15.5. The predicted molar refractivity (Wildman–Crippen MR) is 114 cm³/mol. The molecule has 0 fully saturated rings. The average Bonchev–Trinajstić information content (AvgIpc) is 3.08. The highest BCUT2D eigenvalue weighted by Crippen LogP contribution is 2.33. The van der Waals surface area contributed by atoms with Crippen molar-refractivity contribution in [1.29, 1.82) is 0 Å². The van der Waals surface area contributed by atoms with E-state index in [0.717, 1.165) is 52.0 Å². The van der Waals surface area contributed by atoms with Gasteiger partial charge in [0.2, 0.25) is 0 Å². The van der Waals surface area contributed by atoms with Crippen LogP contribution in [-0.4, -0.2) is 25.5 Å². The zero-order valence-corrected chi connectivity index (χ0v) is 16.2. The Hall–Kier alpha value is -3.60. The van der Waals surface area contributed by atoms with E-state index in [4.69, 9.17) is 0 Å². The van der Waals surface area contributed by atoms with E-state index in [0.29, 0.717) is 6.42 Å². The lowest BCUT2D eigenvalue weighted by Crippen LogP contribution is -2.01. The third-order valence-electron chi connectivity index (χ3n) is 5.34. The van der Waals surface area contributed by atoms with Gasteiger partial charge >= 0.3 is 0 Å². The van der Waals surface area contributed by atoms with Crippen LogP contribution in [0.3, 0.4) is 0 Å². The van der Waals surface area contributed by atoms with Crippen LogP contribution >= 0.6 is 0 Å². The molecule has 1 aromatic carbocycles. The quantitative estimate of drug-likeness (QED) is 0.377. The second-order valence-electron chi connectivity index (χ2n) is 7.37. The minimum atomic E-state index is 0.172. The van der Waals surface area contributed by atoms with Crippen molar-refractivity contribution in [1.82, 2.24) is 19.7 Å². The Balaban J connectivity index is 1.69. The minimum absolute atomic E-state index is 0.172. The molecule has 0 N–H and O–H groups in total. The molecule has 3 aromatic heterocycles. The lowest BCUT2D eigenvalue weighted by molar-refractivity contribution is -0.113. The van der Waals surface area contributed by atoms with Gasteiger partial charge in [-0.05, 0) is 73.4 Å². The molecule has 3 heterocycles. The number of allylic oxidation sites excluding steroid dienone is 1. The first-order chi connectivity index (χ1) is 14.2.